The Morgan fingerprint density at radius 1 is 1.50 bits per heavy atom. The van der Waals surface area contributed by atoms with Crippen molar-refractivity contribution in [1.29, 1.82) is 0 Å². The first-order valence-corrected chi connectivity index (χ1v) is 5.90. The summed E-state index contributed by atoms with van der Waals surface area (Å²) in [6.45, 7) is 1.54. The number of methoxy groups -OCH3 is 1. The van der Waals surface area contributed by atoms with Crippen LogP contribution in [0.15, 0.2) is 24.3 Å². The number of hydrogen-bond acceptors (Lipinski definition) is 4. The lowest BCUT2D eigenvalue weighted by Crippen LogP contribution is -2.24. The Kier molecular flexibility index (Phi) is 6.35. The summed E-state index contributed by atoms with van der Waals surface area (Å²) in [4.78, 5) is 11.2. The molecule has 0 aliphatic carbocycles. The highest BCUT2D eigenvalue weighted by atomic mass is 16.5. The van der Waals surface area contributed by atoms with Crippen molar-refractivity contribution in [3.63, 3.8) is 0 Å². The molecule has 0 aliphatic heterocycles. The van der Waals surface area contributed by atoms with Gasteiger partial charge in [0.1, 0.15) is 0 Å². The van der Waals surface area contributed by atoms with Gasteiger partial charge in [-0.25, -0.2) is 0 Å². The van der Waals surface area contributed by atoms with E-state index in [0.717, 1.165) is 5.56 Å². The standard InChI is InChI=1S/C13H20N2O3/c1-18-9-11(16)6-7-15-8-10-4-2-3-5-12(10)13(14)17/h2-5,11,15-16H,6-9H2,1H3,(H2,14,17). The van der Waals surface area contributed by atoms with E-state index in [1.54, 1.807) is 19.2 Å². The third-order valence-electron chi connectivity index (χ3n) is 2.61. The van der Waals surface area contributed by atoms with Crippen molar-refractivity contribution >= 4 is 5.91 Å². The fraction of sp³-hybridized carbons (Fsp3) is 0.462. The van der Waals surface area contributed by atoms with Crippen LogP contribution in [0.25, 0.3) is 0 Å². The van der Waals surface area contributed by atoms with Gasteiger partial charge in [0, 0.05) is 19.2 Å². The summed E-state index contributed by atoms with van der Waals surface area (Å²) in [5.41, 5.74) is 6.68. The van der Waals surface area contributed by atoms with Crippen molar-refractivity contribution in [3.05, 3.63) is 35.4 Å². The predicted octanol–water partition coefficient (Wildman–Crippen LogP) is 0.272. The molecule has 5 nitrogen and oxygen atoms in total. The van der Waals surface area contributed by atoms with E-state index in [2.05, 4.69) is 5.32 Å². The van der Waals surface area contributed by atoms with Gasteiger partial charge in [-0.15, -0.1) is 0 Å². The topological polar surface area (TPSA) is 84.6 Å². The summed E-state index contributed by atoms with van der Waals surface area (Å²) in [5.74, 6) is -0.424. The number of amides is 1. The predicted molar refractivity (Wildman–Crippen MR) is 69.2 cm³/mol. The van der Waals surface area contributed by atoms with Crippen LogP contribution in [0.3, 0.4) is 0 Å². The first-order valence-electron chi connectivity index (χ1n) is 5.90. The average molecular weight is 252 g/mol. The van der Waals surface area contributed by atoms with E-state index in [0.29, 0.717) is 31.7 Å². The fourth-order valence-corrected chi connectivity index (χ4v) is 1.68. The highest BCUT2D eigenvalue weighted by Crippen LogP contribution is 2.07. The van der Waals surface area contributed by atoms with Gasteiger partial charge >= 0.3 is 0 Å². The molecule has 18 heavy (non-hydrogen) atoms. The van der Waals surface area contributed by atoms with Crippen molar-refractivity contribution in [2.75, 3.05) is 20.3 Å². The number of rotatable bonds is 8. The molecule has 1 atom stereocenters. The van der Waals surface area contributed by atoms with Gasteiger partial charge < -0.3 is 20.9 Å². The molecule has 4 N–H and O–H groups in total. The van der Waals surface area contributed by atoms with Gasteiger partial charge in [0.25, 0.3) is 0 Å². The third kappa shape index (κ3) is 4.83. The average Bonchev–Trinajstić information content (AvgIpc) is 2.35. The van der Waals surface area contributed by atoms with E-state index in [4.69, 9.17) is 10.5 Å². The van der Waals surface area contributed by atoms with Crippen molar-refractivity contribution in [2.45, 2.75) is 19.1 Å². The SMILES string of the molecule is COCC(O)CCNCc1ccccc1C(N)=O. The summed E-state index contributed by atoms with van der Waals surface area (Å²) < 4.78 is 4.83. The summed E-state index contributed by atoms with van der Waals surface area (Å²) in [6.07, 6.45) is 0.140. The zero-order chi connectivity index (χ0) is 13.4. The quantitative estimate of drug-likeness (QED) is 0.580. The van der Waals surface area contributed by atoms with Crippen molar-refractivity contribution in [2.24, 2.45) is 5.73 Å². The van der Waals surface area contributed by atoms with Crippen LogP contribution in [0.1, 0.15) is 22.3 Å². The Labute approximate surface area is 107 Å². The van der Waals surface area contributed by atoms with Crippen LogP contribution in [-0.2, 0) is 11.3 Å². The van der Waals surface area contributed by atoms with E-state index in [9.17, 15) is 9.90 Å². The lowest BCUT2D eigenvalue weighted by molar-refractivity contribution is 0.0594. The molecule has 1 aromatic rings. The first kappa shape index (κ1) is 14.6. The molecule has 100 valence electrons. The molecule has 0 aromatic heterocycles. The highest BCUT2D eigenvalue weighted by molar-refractivity contribution is 5.94. The number of ether oxygens (including phenoxy) is 1. The maximum atomic E-state index is 11.2. The molecule has 0 spiro atoms. The molecular weight excluding hydrogens is 232 g/mol. The van der Waals surface area contributed by atoms with Gasteiger partial charge in [-0.05, 0) is 24.6 Å². The molecular formula is C13H20N2O3. The molecule has 0 aliphatic rings. The number of aliphatic hydroxyl groups excluding tert-OH is 1. The molecule has 1 rings (SSSR count). The van der Waals surface area contributed by atoms with Crippen molar-refractivity contribution < 1.29 is 14.6 Å². The van der Waals surface area contributed by atoms with E-state index < -0.39 is 12.0 Å². The first-order chi connectivity index (χ1) is 8.65. The third-order valence-corrected chi connectivity index (χ3v) is 2.61. The maximum Gasteiger partial charge on any atom is 0.249 e. The summed E-state index contributed by atoms with van der Waals surface area (Å²) in [7, 11) is 1.56. The van der Waals surface area contributed by atoms with Gasteiger partial charge in [-0.2, -0.15) is 0 Å². The number of carbonyl (C=O) groups is 1. The Morgan fingerprint density at radius 2 is 2.22 bits per heavy atom. The normalized spacial score (nSPS) is 12.3. The summed E-state index contributed by atoms with van der Waals surface area (Å²) >= 11 is 0. The van der Waals surface area contributed by atoms with Crippen LogP contribution in [0.5, 0.6) is 0 Å². The van der Waals surface area contributed by atoms with Crippen LogP contribution in [-0.4, -0.2) is 37.4 Å². The van der Waals surface area contributed by atoms with Crippen molar-refractivity contribution in [3.8, 4) is 0 Å². The fourth-order valence-electron chi connectivity index (χ4n) is 1.68. The molecule has 0 saturated heterocycles. The number of nitrogens with one attached hydrogen (secondary N) is 1. The Morgan fingerprint density at radius 3 is 2.89 bits per heavy atom. The van der Waals surface area contributed by atoms with Gasteiger partial charge in [-0.1, -0.05) is 18.2 Å². The number of hydrogen-bond donors (Lipinski definition) is 3. The van der Waals surface area contributed by atoms with Gasteiger partial charge in [0.05, 0.1) is 12.7 Å². The minimum atomic E-state index is -0.464. The molecule has 5 heteroatoms. The van der Waals surface area contributed by atoms with Crippen LogP contribution in [0, 0.1) is 0 Å². The van der Waals surface area contributed by atoms with E-state index in [1.165, 1.54) is 0 Å². The van der Waals surface area contributed by atoms with Crippen molar-refractivity contribution in [1.82, 2.24) is 5.32 Å². The molecule has 0 bridgehead atoms. The Bertz CT molecular complexity index is 382. The van der Waals surface area contributed by atoms with Gasteiger partial charge in [-0.3, -0.25) is 4.79 Å². The molecule has 1 unspecified atom stereocenters. The summed E-state index contributed by atoms with van der Waals surface area (Å²) in [6, 6.07) is 7.22. The number of aliphatic hydroxyl groups is 1. The van der Waals surface area contributed by atoms with E-state index >= 15 is 0 Å². The van der Waals surface area contributed by atoms with Gasteiger partial charge in [0.15, 0.2) is 0 Å². The maximum absolute atomic E-state index is 11.2. The number of benzene rings is 1. The summed E-state index contributed by atoms with van der Waals surface area (Å²) in [5, 5.41) is 12.6. The second-order valence-corrected chi connectivity index (χ2v) is 4.10. The van der Waals surface area contributed by atoms with E-state index in [1.807, 2.05) is 12.1 Å². The molecule has 0 radical (unpaired) electrons. The number of primary amides is 1. The Hall–Kier alpha value is -1.43. The largest absolute Gasteiger partial charge is 0.391 e. The monoisotopic (exact) mass is 252 g/mol. The van der Waals surface area contributed by atoms with Gasteiger partial charge in [0.2, 0.25) is 5.91 Å². The zero-order valence-electron chi connectivity index (χ0n) is 10.6. The lowest BCUT2D eigenvalue weighted by Gasteiger charge is -2.11. The minimum absolute atomic E-state index is 0.333. The van der Waals surface area contributed by atoms with E-state index in [-0.39, 0.29) is 0 Å². The number of nitrogens with two attached hydrogens (primary N) is 1. The zero-order valence-corrected chi connectivity index (χ0v) is 10.6. The van der Waals surface area contributed by atoms with Crippen LogP contribution < -0.4 is 11.1 Å². The Balaban J connectivity index is 2.37. The van der Waals surface area contributed by atoms with Crippen LogP contribution in [0.4, 0.5) is 0 Å². The molecule has 1 amide bonds. The van der Waals surface area contributed by atoms with Crippen LogP contribution in [0.2, 0.25) is 0 Å². The molecule has 0 fully saturated rings. The number of carbonyl (C=O) groups excluding carboxylic acids is 1. The molecule has 0 heterocycles. The minimum Gasteiger partial charge on any atom is -0.391 e. The lowest BCUT2D eigenvalue weighted by atomic mass is 10.1. The molecule has 1 aromatic carbocycles. The molecule has 0 saturated carbocycles. The smallest absolute Gasteiger partial charge is 0.249 e. The second kappa shape index (κ2) is 7.81. The van der Waals surface area contributed by atoms with Crippen LogP contribution >= 0.6 is 0 Å². The second-order valence-electron chi connectivity index (χ2n) is 4.10. The highest BCUT2D eigenvalue weighted by Gasteiger charge is 2.07.